The lowest BCUT2D eigenvalue weighted by molar-refractivity contribution is -0.191. The van der Waals surface area contributed by atoms with Crippen LogP contribution in [-0.4, -0.2) is 47.8 Å². The molecule has 0 aliphatic heterocycles. The number of aromatic nitrogens is 6. The van der Waals surface area contributed by atoms with Crippen LogP contribution in [0.15, 0.2) is 110 Å². The zero-order chi connectivity index (χ0) is 37.4. The summed E-state index contributed by atoms with van der Waals surface area (Å²) < 4.78 is 10.2. The second-order valence-corrected chi connectivity index (χ2v) is 13.0. The summed E-state index contributed by atoms with van der Waals surface area (Å²) in [4.78, 5) is 48.0. The van der Waals surface area contributed by atoms with Crippen molar-refractivity contribution in [2.45, 2.75) is 59.0 Å². The Morgan fingerprint density at radius 3 is 1.67 bits per heavy atom. The minimum absolute atomic E-state index is 0.250. The summed E-state index contributed by atoms with van der Waals surface area (Å²) >= 11 is 0. The first kappa shape index (κ1) is 35.9. The van der Waals surface area contributed by atoms with E-state index in [1.165, 1.54) is 21.8 Å². The van der Waals surface area contributed by atoms with Gasteiger partial charge in [0.05, 0.1) is 29.0 Å². The fraction of sp³-hybridized carbons (Fsp3) is 0.227. The molecule has 10 nitrogen and oxygen atoms in total. The number of esters is 1. The zero-order valence-corrected chi connectivity index (χ0v) is 30.4. The van der Waals surface area contributed by atoms with E-state index in [9.17, 15) is 4.79 Å². The number of nitrogens with zero attached hydrogens (tertiary/aromatic N) is 6. The molecule has 0 fully saturated rings. The average Bonchev–Trinajstić information content (AvgIpc) is 3.71. The normalized spacial score (nSPS) is 11.1. The number of para-hydroxylation sites is 2. The quantitative estimate of drug-likeness (QED) is 0.0906. The molecule has 6 aromatic heterocycles. The summed E-state index contributed by atoms with van der Waals surface area (Å²) in [5, 5.41) is 4.62. The van der Waals surface area contributed by atoms with Crippen molar-refractivity contribution in [1.82, 2.24) is 29.1 Å². The number of benzene rings is 2. The first-order valence-electron chi connectivity index (χ1n) is 18.4. The van der Waals surface area contributed by atoms with Crippen LogP contribution in [0.2, 0.25) is 0 Å². The van der Waals surface area contributed by atoms with Gasteiger partial charge in [0, 0.05) is 87.3 Å². The number of unbranched alkanes of at least 4 members (excludes halogenated alkanes) is 3. The molecule has 0 saturated carbocycles. The van der Waals surface area contributed by atoms with E-state index in [1.54, 1.807) is 6.20 Å². The number of aryl methyl sites for hydroxylation is 3. The molecule has 54 heavy (non-hydrogen) atoms. The van der Waals surface area contributed by atoms with Gasteiger partial charge in [-0.25, -0.2) is 9.78 Å². The van der Waals surface area contributed by atoms with Gasteiger partial charge < -0.3 is 13.9 Å². The molecule has 0 saturated heterocycles. The molecule has 0 unspecified atom stereocenters. The maximum atomic E-state index is 12.9. The van der Waals surface area contributed by atoms with Gasteiger partial charge in [0.2, 0.25) is 0 Å². The second-order valence-electron chi connectivity index (χ2n) is 13.0. The largest absolute Gasteiger partial charge is 0.461 e. The Morgan fingerprint density at radius 2 is 1.17 bits per heavy atom. The molecule has 10 heteroatoms. The van der Waals surface area contributed by atoms with Crippen molar-refractivity contribution in [2.75, 3.05) is 6.61 Å². The molecule has 0 aliphatic rings. The van der Waals surface area contributed by atoms with Crippen LogP contribution in [0.4, 0.5) is 0 Å². The topological polar surface area (TPSA) is 122 Å². The molecule has 0 N–H and O–H groups in total. The van der Waals surface area contributed by atoms with E-state index in [1.807, 2.05) is 55.8 Å². The predicted molar refractivity (Wildman–Crippen MR) is 210 cm³/mol. The van der Waals surface area contributed by atoms with Gasteiger partial charge in [0.15, 0.2) is 0 Å². The molecule has 0 spiro atoms. The number of pyridine rings is 4. The van der Waals surface area contributed by atoms with Crippen molar-refractivity contribution in [3.8, 4) is 22.5 Å². The minimum Gasteiger partial charge on any atom is -0.461 e. The Bertz CT molecular complexity index is 2610. The van der Waals surface area contributed by atoms with Gasteiger partial charge >= 0.3 is 12.1 Å². The lowest BCUT2D eigenvalue weighted by Crippen LogP contribution is -2.09. The van der Waals surface area contributed by atoms with Crippen molar-refractivity contribution in [3.05, 3.63) is 121 Å². The molecule has 8 rings (SSSR count). The molecule has 6 heterocycles. The predicted octanol–water partition coefficient (Wildman–Crippen LogP) is 9.23. The molecule has 0 radical (unpaired) electrons. The van der Waals surface area contributed by atoms with E-state index in [-0.39, 0.29) is 6.15 Å². The van der Waals surface area contributed by atoms with Gasteiger partial charge in [-0.05, 0) is 74.7 Å². The third-order valence-corrected chi connectivity index (χ3v) is 9.78. The number of carbonyl (C=O) groups is 1. The van der Waals surface area contributed by atoms with E-state index < -0.39 is 5.97 Å². The van der Waals surface area contributed by atoms with E-state index in [0.717, 1.165) is 95.2 Å². The lowest BCUT2D eigenvalue weighted by Gasteiger charge is -2.13. The van der Waals surface area contributed by atoms with Crippen LogP contribution in [0.1, 0.15) is 55.7 Å². The molecule has 0 amide bonds. The fourth-order valence-electron chi connectivity index (χ4n) is 7.46. The maximum absolute atomic E-state index is 12.9. The first-order valence-corrected chi connectivity index (χ1v) is 18.4. The van der Waals surface area contributed by atoms with Crippen LogP contribution in [0.5, 0.6) is 0 Å². The van der Waals surface area contributed by atoms with Gasteiger partial charge in [-0.1, -0.05) is 56.2 Å². The average molecular weight is 717 g/mol. The second kappa shape index (κ2) is 16.4. The monoisotopic (exact) mass is 716 g/mol. The lowest BCUT2D eigenvalue weighted by atomic mass is 10.1. The summed E-state index contributed by atoms with van der Waals surface area (Å²) in [6, 6.07) is 29.3. The number of rotatable bonds is 12. The number of hydrogen-bond donors (Lipinski definition) is 0. The number of ether oxygens (including phenoxy) is 1. The molecular weight excluding hydrogens is 677 g/mol. The highest BCUT2D eigenvalue weighted by molar-refractivity contribution is 6.14. The van der Waals surface area contributed by atoms with E-state index in [4.69, 9.17) is 24.3 Å². The van der Waals surface area contributed by atoms with Crippen molar-refractivity contribution in [2.24, 2.45) is 0 Å². The number of fused-ring (bicyclic) bond motifs is 6. The molecule has 0 bridgehead atoms. The van der Waals surface area contributed by atoms with Gasteiger partial charge in [-0.15, -0.1) is 0 Å². The Kier molecular flexibility index (Phi) is 10.9. The van der Waals surface area contributed by atoms with Crippen molar-refractivity contribution in [3.63, 3.8) is 0 Å². The third kappa shape index (κ3) is 6.99. The highest BCUT2D eigenvalue weighted by Gasteiger charge is 2.21. The molecule has 0 aliphatic carbocycles. The highest BCUT2D eigenvalue weighted by atomic mass is 16.5. The van der Waals surface area contributed by atoms with Crippen LogP contribution in [0, 0.1) is 0 Å². The Balaban J connectivity index is 0.00000145. The van der Waals surface area contributed by atoms with Crippen molar-refractivity contribution < 1.29 is 19.1 Å². The highest BCUT2D eigenvalue weighted by Crippen LogP contribution is 2.37. The summed E-state index contributed by atoms with van der Waals surface area (Å²) in [6.07, 6.45) is 12.7. The molecule has 270 valence electrons. The molecular formula is C44H40N6O4. The summed E-state index contributed by atoms with van der Waals surface area (Å²) in [7, 11) is 0. The number of hydrogen-bond acceptors (Lipinski definition) is 8. The van der Waals surface area contributed by atoms with E-state index in [0.29, 0.717) is 12.3 Å². The molecule has 0 atom stereocenters. The van der Waals surface area contributed by atoms with E-state index in [2.05, 4.69) is 80.6 Å². The van der Waals surface area contributed by atoms with Crippen LogP contribution < -0.4 is 0 Å². The number of carbonyl (C=O) groups excluding carboxylic acids is 3. The van der Waals surface area contributed by atoms with E-state index >= 15 is 0 Å². The van der Waals surface area contributed by atoms with Crippen LogP contribution in [-0.2, 0) is 33.8 Å². The molecule has 2 aromatic carbocycles. The van der Waals surface area contributed by atoms with Crippen LogP contribution >= 0.6 is 0 Å². The maximum Gasteiger partial charge on any atom is 0.373 e. The van der Waals surface area contributed by atoms with Gasteiger partial charge in [0.1, 0.15) is 5.69 Å². The Hall–Kier alpha value is -6.51. The summed E-state index contributed by atoms with van der Waals surface area (Å²) in [5.74, 6) is -0.418. The Morgan fingerprint density at radius 1 is 0.648 bits per heavy atom. The third-order valence-electron chi connectivity index (χ3n) is 9.78. The smallest absolute Gasteiger partial charge is 0.373 e. The van der Waals surface area contributed by atoms with Gasteiger partial charge in [-0.2, -0.15) is 9.59 Å². The van der Waals surface area contributed by atoms with Crippen LogP contribution in [0.25, 0.3) is 66.1 Å². The van der Waals surface area contributed by atoms with Gasteiger partial charge in [0.25, 0.3) is 0 Å². The van der Waals surface area contributed by atoms with Gasteiger partial charge in [-0.3, -0.25) is 15.0 Å². The first-order chi connectivity index (χ1) is 26.6. The van der Waals surface area contributed by atoms with Crippen molar-refractivity contribution >= 4 is 55.7 Å². The fourth-order valence-corrected chi connectivity index (χ4v) is 7.46. The van der Waals surface area contributed by atoms with Crippen LogP contribution in [0.3, 0.4) is 0 Å². The summed E-state index contributed by atoms with van der Waals surface area (Å²) in [6.45, 7) is 6.01. The Labute approximate surface area is 312 Å². The summed E-state index contributed by atoms with van der Waals surface area (Å²) in [5.41, 5.74) is 9.64. The SMILES string of the molecule is CCOC(=O)c1cc2c3ccccc3n(CCCCCCn3c4ccccc4c4cc(CC)nc(-c5cccnc5)c43)c2c(-c2cccnc2)n1.O=C=O. The zero-order valence-electron chi connectivity index (χ0n) is 30.4. The molecule has 8 aromatic rings. The van der Waals surface area contributed by atoms with Crippen molar-refractivity contribution in [1.29, 1.82) is 0 Å². The minimum atomic E-state index is -0.418. The standard InChI is InChI=1S/C43H40N6O2.CO2/c1-3-31-25-34-32-17-7-9-19-37(32)48(41(34)39(46-31)29-15-13-21-44-27-29)23-11-5-6-12-24-49-38-20-10-8-18-33(38)35-26-36(43(50)51-4-2)47-40(42(35)49)30-16-14-22-45-28-30;2-1-3/h7-10,13-22,25-28H,3-6,11-12,23-24H2,1-2H3;.